The van der Waals surface area contributed by atoms with Crippen molar-refractivity contribution in [1.29, 1.82) is 0 Å². The Balaban J connectivity index is 1.81. The molecule has 19 heavy (non-hydrogen) atoms. The molecule has 2 N–H and O–H groups in total. The molecule has 1 aliphatic rings. The number of carbonyl (C=O) groups is 1. The lowest BCUT2D eigenvalue weighted by molar-refractivity contribution is 0.0358. The van der Waals surface area contributed by atoms with Crippen LogP contribution in [0.2, 0.25) is 10.0 Å². The fourth-order valence-electron chi connectivity index (χ4n) is 1.70. The molecule has 0 radical (unpaired) electrons. The van der Waals surface area contributed by atoms with Gasteiger partial charge < -0.3 is 15.4 Å². The van der Waals surface area contributed by atoms with E-state index < -0.39 is 0 Å². The van der Waals surface area contributed by atoms with Gasteiger partial charge in [0.1, 0.15) is 0 Å². The second kappa shape index (κ2) is 6.96. The van der Waals surface area contributed by atoms with Crippen LogP contribution in [0, 0.1) is 0 Å². The lowest BCUT2D eigenvalue weighted by Gasteiger charge is -2.26. The number of anilines is 1. The first kappa shape index (κ1) is 14.4. The molecule has 1 saturated heterocycles. The average Bonchev–Trinajstić information content (AvgIpc) is 2.42. The summed E-state index contributed by atoms with van der Waals surface area (Å²) < 4.78 is 5.23. The van der Waals surface area contributed by atoms with Gasteiger partial charge in [-0.1, -0.05) is 23.2 Å². The molecule has 1 aromatic carbocycles. The minimum atomic E-state index is -0.310. The molecule has 0 atom stereocenters. The van der Waals surface area contributed by atoms with Gasteiger partial charge in [0, 0.05) is 18.1 Å². The average molecular weight is 304 g/mol. The summed E-state index contributed by atoms with van der Waals surface area (Å²) >= 11 is 11.8. The third-order valence-corrected chi connectivity index (χ3v) is 3.31. The third kappa shape index (κ3) is 4.54. The number of rotatable bonds is 3. The normalized spacial score (nSPS) is 16.1. The maximum atomic E-state index is 11.7. The number of benzene rings is 1. The number of ether oxygens (including phenoxy) is 1. The van der Waals surface area contributed by atoms with E-state index >= 15 is 0 Å². The first-order valence-corrected chi connectivity index (χ1v) is 6.71. The molecule has 0 saturated carbocycles. The zero-order chi connectivity index (χ0) is 13.7. The Morgan fingerprint density at radius 1 is 1.32 bits per heavy atom. The highest BCUT2D eigenvalue weighted by molar-refractivity contribution is 6.35. The summed E-state index contributed by atoms with van der Waals surface area (Å²) in [7, 11) is 0. The van der Waals surface area contributed by atoms with Crippen molar-refractivity contribution < 1.29 is 9.53 Å². The van der Waals surface area contributed by atoms with Gasteiger partial charge in [0.05, 0.1) is 30.6 Å². The van der Waals surface area contributed by atoms with Crippen molar-refractivity contribution in [2.45, 2.75) is 0 Å². The van der Waals surface area contributed by atoms with Crippen molar-refractivity contribution >= 4 is 34.9 Å². The Morgan fingerprint density at radius 2 is 2.05 bits per heavy atom. The van der Waals surface area contributed by atoms with Crippen molar-refractivity contribution in [3.63, 3.8) is 0 Å². The summed E-state index contributed by atoms with van der Waals surface area (Å²) in [5.41, 5.74) is 0.494. The molecule has 5 nitrogen and oxygen atoms in total. The summed E-state index contributed by atoms with van der Waals surface area (Å²) in [5, 5.41) is 6.40. The van der Waals surface area contributed by atoms with E-state index in [0.29, 0.717) is 35.6 Å². The Kier molecular flexibility index (Phi) is 5.27. The molecule has 2 amide bonds. The van der Waals surface area contributed by atoms with Crippen molar-refractivity contribution in [3.8, 4) is 0 Å². The first-order valence-electron chi connectivity index (χ1n) is 5.95. The highest BCUT2D eigenvalue weighted by atomic mass is 35.5. The lowest BCUT2D eigenvalue weighted by Crippen LogP contribution is -2.44. The van der Waals surface area contributed by atoms with Gasteiger partial charge in [-0.3, -0.25) is 4.90 Å². The van der Waals surface area contributed by atoms with E-state index in [4.69, 9.17) is 27.9 Å². The Hall–Kier alpha value is -1.01. The molecule has 0 aromatic heterocycles. The molecular weight excluding hydrogens is 289 g/mol. The van der Waals surface area contributed by atoms with Crippen LogP contribution in [0.15, 0.2) is 18.2 Å². The monoisotopic (exact) mass is 303 g/mol. The van der Waals surface area contributed by atoms with E-state index in [1.807, 2.05) is 0 Å². The van der Waals surface area contributed by atoms with Gasteiger partial charge in [0.15, 0.2) is 0 Å². The summed E-state index contributed by atoms with van der Waals surface area (Å²) in [6.07, 6.45) is 0. The summed E-state index contributed by atoms with van der Waals surface area (Å²) in [5.74, 6) is 0. The van der Waals surface area contributed by atoms with E-state index in [2.05, 4.69) is 15.5 Å². The summed E-state index contributed by atoms with van der Waals surface area (Å²) in [6.45, 7) is 3.51. The number of nitrogens with zero attached hydrogens (tertiary/aromatic N) is 1. The minimum Gasteiger partial charge on any atom is -0.379 e. The van der Waals surface area contributed by atoms with Crippen molar-refractivity contribution in [3.05, 3.63) is 28.2 Å². The second-order valence-electron chi connectivity index (χ2n) is 4.14. The maximum absolute atomic E-state index is 11.7. The molecule has 1 aromatic rings. The van der Waals surface area contributed by atoms with Crippen molar-refractivity contribution in [2.24, 2.45) is 0 Å². The number of carbonyl (C=O) groups excluding carboxylic acids is 1. The third-order valence-electron chi connectivity index (χ3n) is 2.74. The first-order chi connectivity index (χ1) is 9.15. The fraction of sp³-hybridized carbons (Fsp3) is 0.417. The molecule has 1 aliphatic heterocycles. The van der Waals surface area contributed by atoms with E-state index in [9.17, 15) is 4.79 Å². The van der Waals surface area contributed by atoms with E-state index in [1.54, 1.807) is 18.2 Å². The Bertz CT molecular complexity index is 451. The second-order valence-corrected chi connectivity index (χ2v) is 4.99. The molecule has 1 heterocycles. The Labute approximate surface area is 121 Å². The molecule has 0 spiro atoms. The van der Waals surface area contributed by atoms with Crippen LogP contribution in [0.5, 0.6) is 0 Å². The van der Waals surface area contributed by atoms with E-state index in [-0.39, 0.29) is 6.03 Å². The number of hydrogen-bond acceptors (Lipinski definition) is 3. The van der Waals surface area contributed by atoms with Gasteiger partial charge in [0.2, 0.25) is 0 Å². The fourth-order valence-corrected chi connectivity index (χ4v) is 2.04. The zero-order valence-corrected chi connectivity index (χ0v) is 11.8. The van der Waals surface area contributed by atoms with Crippen LogP contribution in [0.3, 0.4) is 0 Å². The van der Waals surface area contributed by atoms with Gasteiger partial charge in [-0.2, -0.15) is 0 Å². The lowest BCUT2D eigenvalue weighted by atomic mass is 10.3. The summed E-state index contributed by atoms with van der Waals surface area (Å²) in [4.78, 5) is 13.8. The standard InChI is InChI=1S/C12H15Cl2N3O2/c13-9-1-2-10(14)11(7-9)16-12(18)15-8-17-3-5-19-6-4-17/h1-2,7H,3-6,8H2,(H2,15,16,18). The van der Waals surface area contributed by atoms with E-state index in [0.717, 1.165) is 13.1 Å². The van der Waals surface area contributed by atoms with E-state index in [1.165, 1.54) is 0 Å². The largest absolute Gasteiger partial charge is 0.379 e. The summed E-state index contributed by atoms with van der Waals surface area (Å²) in [6, 6.07) is 4.61. The topological polar surface area (TPSA) is 53.6 Å². The molecule has 1 fully saturated rings. The van der Waals surface area contributed by atoms with Gasteiger partial charge in [0.25, 0.3) is 0 Å². The predicted molar refractivity (Wildman–Crippen MR) is 75.9 cm³/mol. The highest BCUT2D eigenvalue weighted by Gasteiger charge is 2.11. The van der Waals surface area contributed by atoms with Crippen LogP contribution >= 0.6 is 23.2 Å². The van der Waals surface area contributed by atoms with Crippen LogP contribution in [-0.4, -0.2) is 43.9 Å². The minimum absolute atomic E-state index is 0.310. The predicted octanol–water partition coefficient (Wildman–Crippen LogP) is 2.40. The molecular formula is C12H15Cl2N3O2. The molecule has 104 valence electrons. The number of nitrogens with one attached hydrogen (secondary N) is 2. The molecule has 0 aliphatic carbocycles. The molecule has 2 rings (SSSR count). The van der Waals surface area contributed by atoms with Crippen LogP contribution in [0.4, 0.5) is 10.5 Å². The molecule has 0 bridgehead atoms. The molecule has 0 unspecified atom stereocenters. The SMILES string of the molecule is O=C(NCN1CCOCC1)Nc1cc(Cl)ccc1Cl. The number of halogens is 2. The highest BCUT2D eigenvalue weighted by Crippen LogP contribution is 2.25. The van der Waals surface area contributed by atoms with Gasteiger partial charge in [-0.15, -0.1) is 0 Å². The van der Waals surface area contributed by atoms with Crippen LogP contribution in [0.1, 0.15) is 0 Å². The smallest absolute Gasteiger partial charge is 0.320 e. The number of urea groups is 1. The Morgan fingerprint density at radius 3 is 2.79 bits per heavy atom. The van der Waals surface area contributed by atoms with Crippen LogP contribution in [-0.2, 0) is 4.74 Å². The number of morpholine rings is 1. The van der Waals surface area contributed by atoms with Gasteiger partial charge in [-0.05, 0) is 18.2 Å². The van der Waals surface area contributed by atoms with Crippen molar-refractivity contribution in [1.82, 2.24) is 10.2 Å². The van der Waals surface area contributed by atoms with Gasteiger partial charge in [-0.25, -0.2) is 4.79 Å². The molecule has 7 heteroatoms. The van der Waals surface area contributed by atoms with Crippen LogP contribution < -0.4 is 10.6 Å². The quantitative estimate of drug-likeness (QED) is 0.901. The number of hydrogen-bond donors (Lipinski definition) is 2. The van der Waals surface area contributed by atoms with Crippen LogP contribution in [0.25, 0.3) is 0 Å². The van der Waals surface area contributed by atoms with Gasteiger partial charge >= 0.3 is 6.03 Å². The van der Waals surface area contributed by atoms with Crippen molar-refractivity contribution in [2.75, 3.05) is 38.3 Å². The number of amides is 2. The zero-order valence-electron chi connectivity index (χ0n) is 10.3. The maximum Gasteiger partial charge on any atom is 0.320 e.